The molecule has 16 nitrogen and oxygen atoms in total. The van der Waals surface area contributed by atoms with Crippen LogP contribution in [0.3, 0.4) is 0 Å². The van der Waals surface area contributed by atoms with E-state index in [1.807, 2.05) is 4.98 Å². The maximum absolute atomic E-state index is 14.9. The minimum Gasteiger partial charge on any atom is -0.387 e. The summed E-state index contributed by atoms with van der Waals surface area (Å²) >= 11 is 0. The molecule has 6 atom stereocenters. The van der Waals surface area contributed by atoms with Crippen molar-refractivity contribution in [3.8, 4) is 0 Å². The summed E-state index contributed by atoms with van der Waals surface area (Å²) < 4.78 is 65.4. The molecule has 1 fully saturated rings. The van der Waals surface area contributed by atoms with Crippen LogP contribution in [-0.4, -0.2) is 177 Å². The first-order chi connectivity index (χ1) is 13.4. The maximum Gasteiger partial charge on any atom is 0.490 e. The van der Waals surface area contributed by atoms with E-state index in [-0.39, 0.29) is 118 Å². The van der Waals surface area contributed by atoms with E-state index < -0.39 is 65.4 Å². The van der Waals surface area contributed by atoms with Crippen molar-refractivity contribution < 1.29 is 60.6 Å². The van der Waals surface area contributed by atoms with Gasteiger partial charge >= 0.3 is 29.2 Å². The number of phosphoric acid groups is 3. The molecule has 2 unspecified atom stereocenters. The molecule has 2 rings (SSSR count). The molecule has 0 aliphatic carbocycles. The van der Waals surface area contributed by atoms with Crippen LogP contribution in [0.25, 0.3) is 0 Å². The molecule has 1 saturated heterocycles. The van der Waals surface area contributed by atoms with Gasteiger partial charge in [0, 0.05) is 130 Å². The first-order valence-corrected chi connectivity index (χ1v) is 12.1. The zero-order valence-corrected chi connectivity index (χ0v) is 29.4. The summed E-state index contributed by atoms with van der Waals surface area (Å²) in [5.74, 6) is 0. The number of ether oxygens (including phenoxy) is 1. The number of alkyl halides is 1. The molecule has 1 aliphatic rings. The Kier molecular flexibility index (Phi) is 19.1. The minimum absolute atomic E-state index is 0. The minimum atomic E-state index is -5.77. The molecule has 6 N–H and O–H groups in total. The van der Waals surface area contributed by atoms with E-state index in [2.05, 4.69) is 13.1 Å². The van der Waals surface area contributed by atoms with Crippen molar-refractivity contribution in [1.29, 1.82) is 0 Å². The van der Waals surface area contributed by atoms with Gasteiger partial charge in [-0.3, -0.25) is 18.9 Å². The summed E-state index contributed by atoms with van der Waals surface area (Å²) in [7, 11) is -16.9. The molecule has 0 amide bonds. The number of hydrogen-bond acceptors (Lipinski definition) is 10. The number of rotatable bonds is 8. The first-order valence-electron chi connectivity index (χ1n) is 7.56. The van der Waals surface area contributed by atoms with Crippen LogP contribution in [0, 0.1) is 0 Å². The first kappa shape index (κ1) is 41.4. The number of phosphoric ester groups is 1. The predicted molar refractivity (Wildman–Crippen MR) is 114 cm³/mol. The molecular formula is C10H16FN2Na4O14P3. The molecule has 34 heavy (non-hydrogen) atoms. The van der Waals surface area contributed by atoms with Crippen LogP contribution in [0.4, 0.5) is 4.39 Å². The standard InChI is InChI=1S/C10H16FN2O14P3.4Na/c1-10(11)7(15)5(25-8(10)13-3-2-6(14)12-9(13)16)4-24-29(20,21)27-30(22,23)26-28(17,18)19;;;;/h2-3,5,7-8,15H,4H2,1H3,(H,20,21)(H,22,23)(H,12,14,16)(H2,17,18,19);;;;/t5-,7-,8-,10-;;;;/m1..../s1. The third kappa shape index (κ3) is 12.0. The van der Waals surface area contributed by atoms with Gasteiger partial charge in [0.1, 0.15) is 12.2 Å². The molecule has 176 valence electrons. The molecule has 4 radical (unpaired) electrons. The van der Waals surface area contributed by atoms with Crippen molar-refractivity contribution in [1.82, 2.24) is 9.55 Å². The zero-order chi connectivity index (χ0) is 23.1. The van der Waals surface area contributed by atoms with E-state index >= 15 is 0 Å². The van der Waals surface area contributed by atoms with Crippen molar-refractivity contribution in [2.45, 2.75) is 31.0 Å². The third-order valence-electron chi connectivity index (χ3n) is 3.64. The summed E-state index contributed by atoms with van der Waals surface area (Å²) in [5, 5.41) is 10.1. The fraction of sp³-hybridized carbons (Fsp3) is 0.600. The van der Waals surface area contributed by atoms with Crippen LogP contribution in [0.1, 0.15) is 13.2 Å². The second-order valence-electron chi connectivity index (χ2n) is 6.03. The van der Waals surface area contributed by atoms with Crippen molar-refractivity contribution in [3.05, 3.63) is 33.1 Å². The number of aromatic nitrogens is 2. The van der Waals surface area contributed by atoms with E-state index in [0.29, 0.717) is 4.57 Å². The maximum atomic E-state index is 14.9. The average Bonchev–Trinajstić information content (AvgIpc) is 2.73. The summed E-state index contributed by atoms with van der Waals surface area (Å²) in [5.41, 5.74) is -4.55. The van der Waals surface area contributed by atoms with Crippen LogP contribution in [0.5, 0.6) is 0 Å². The largest absolute Gasteiger partial charge is 0.490 e. The summed E-state index contributed by atoms with van der Waals surface area (Å²) in [6.07, 6.45) is -4.73. The number of hydrogen-bond donors (Lipinski definition) is 6. The predicted octanol–water partition coefficient (Wildman–Crippen LogP) is -2.66. The van der Waals surface area contributed by atoms with E-state index in [1.165, 1.54) is 0 Å². The van der Waals surface area contributed by atoms with Gasteiger partial charge in [0.2, 0.25) is 0 Å². The number of aromatic amines is 1. The van der Waals surface area contributed by atoms with Gasteiger partial charge in [0.05, 0.1) is 6.61 Å². The van der Waals surface area contributed by atoms with Crippen molar-refractivity contribution in [2.75, 3.05) is 6.61 Å². The second-order valence-corrected chi connectivity index (χ2v) is 10.4. The van der Waals surface area contributed by atoms with Gasteiger partial charge in [0.25, 0.3) is 5.56 Å². The monoisotopic (exact) mass is 592 g/mol. The number of aliphatic hydroxyl groups is 1. The molecule has 1 aromatic rings. The number of H-pyrrole nitrogens is 1. The van der Waals surface area contributed by atoms with E-state index in [9.17, 15) is 37.7 Å². The molecule has 1 aromatic heterocycles. The average molecular weight is 592 g/mol. The number of nitrogens with one attached hydrogen (secondary N) is 1. The van der Waals surface area contributed by atoms with E-state index in [1.54, 1.807) is 0 Å². The SMILES string of the molecule is C[C@@]1(F)[C@H](O)[C@@H](COP(=O)(O)OP(=O)(O)OP(=O)(O)O)O[C@H]1n1ccc(=O)[nH]c1=O.[Na].[Na].[Na].[Na]. The van der Waals surface area contributed by atoms with Gasteiger partial charge < -0.3 is 29.4 Å². The molecule has 0 aromatic carbocycles. The fourth-order valence-corrected chi connectivity index (χ4v) is 5.46. The Morgan fingerprint density at radius 1 is 1.09 bits per heavy atom. The Bertz CT molecular complexity index is 1060. The van der Waals surface area contributed by atoms with Crippen LogP contribution >= 0.6 is 23.5 Å². The van der Waals surface area contributed by atoms with Gasteiger partial charge in [0.15, 0.2) is 11.9 Å². The Balaban J connectivity index is -0.00000240. The summed E-state index contributed by atoms with van der Waals surface area (Å²) in [6.45, 7) is -0.316. The molecule has 24 heteroatoms. The molecule has 2 heterocycles. The van der Waals surface area contributed by atoms with Gasteiger partial charge in [-0.15, -0.1) is 0 Å². The quantitative estimate of drug-likeness (QED) is 0.133. The van der Waals surface area contributed by atoms with Crippen LogP contribution in [0.2, 0.25) is 0 Å². The van der Waals surface area contributed by atoms with Crippen LogP contribution < -0.4 is 11.2 Å². The van der Waals surface area contributed by atoms with Gasteiger partial charge in [-0.05, 0) is 6.92 Å². The molecule has 0 saturated carbocycles. The normalized spacial score (nSPS) is 27.6. The van der Waals surface area contributed by atoms with Crippen molar-refractivity contribution in [2.24, 2.45) is 0 Å². The number of halogens is 1. The van der Waals surface area contributed by atoms with E-state index in [0.717, 1.165) is 19.2 Å². The summed E-state index contributed by atoms with van der Waals surface area (Å²) in [6, 6.07) is 0.868. The third-order valence-corrected chi connectivity index (χ3v) is 7.44. The van der Waals surface area contributed by atoms with Crippen molar-refractivity contribution >= 4 is 142 Å². The molecule has 0 spiro atoms. The van der Waals surface area contributed by atoms with Gasteiger partial charge in [-0.25, -0.2) is 22.9 Å². The number of aliphatic hydroxyl groups excluding tert-OH is 1. The number of nitrogens with zero attached hydrogens (tertiary/aromatic N) is 1. The topological polar surface area (TPSA) is 244 Å². The molecule has 1 aliphatic heterocycles. The van der Waals surface area contributed by atoms with Gasteiger partial charge in [-0.1, -0.05) is 0 Å². The Morgan fingerprint density at radius 3 is 2.09 bits per heavy atom. The van der Waals surface area contributed by atoms with Crippen LogP contribution in [0.15, 0.2) is 21.9 Å². The Labute approximate surface area is 278 Å². The Morgan fingerprint density at radius 2 is 1.62 bits per heavy atom. The molecule has 0 bridgehead atoms. The van der Waals surface area contributed by atoms with E-state index in [4.69, 9.17) is 19.4 Å². The zero-order valence-electron chi connectivity index (χ0n) is 18.7. The second kappa shape index (κ2) is 15.7. The van der Waals surface area contributed by atoms with Gasteiger partial charge in [-0.2, -0.15) is 8.62 Å². The molecular weight excluding hydrogens is 576 g/mol. The Hall–Kier alpha value is 2.94. The smallest absolute Gasteiger partial charge is 0.387 e. The summed E-state index contributed by atoms with van der Waals surface area (Å²) in [4.78, 5) is 60.1. The fourth-order valence-electron chi connectivity index (χ4n) is 2.43. The van der Waals surface area contributed by atoms with Crippen molar-refractivity contribution in [3.63, 3.8) is 0 Å². The van der Waals surface area contributed by atoms with Crippen LogP contribution in [-0.2, 0) is 31.6 Å².